The number of piperidine rings is 1. The van der Waals surface area contributed by atoms with Gasteiger partial charge in [0.05, 0.1) is 13.7 Å². The summed E-state index contributed by atoms with van der Waals surface area (Å²) in [6.07, 6.45) is 4.02. The normalized spacial score (nSPS) is 16.3. The standard InChI is InChI=1S/C17H28N2O2/c1-21-17-8-4-3-7-16(17)15-19(13-14-20)12-11-18-9-5-2-6-10-18/h3-4,7-8,20H,2,5-6,9-15H2,1H3. The van der Waals surface area contributed by atoms with Crippen LogP contribution in [0.2, 0.25) is 0 Å². The molecule has 4 nitrogen and oxygen atoms in total. The fraction of sp³-hybridized carbons (Fsp3) is 0.647. The van der Waals surface area contributed by atoms with E-state index in [-0.39, 0.29) is 6.61 Å². The molecule has 0 unspecified atom stereocenters. The molecule has 1 fully saturated rings. The maximum Gasteiger partial charge on any atom is 0.123 e. The van der Waals surface area contributed by atoms with E-state index >= 15 is 0 Å². The number of likely N-dealkylation sites (tertiary alicyclic amines) is 1. The molecule has 0 spiro atoms. The van der Waals surface area contributed by atoms with E-state index in [1.807, 2.05) is 18.2 Å². The van der Waals surface area contributed by atoms with Crippen LogP contribution in [0.3, 0.4) is 0 Å². The zero-order valence-electron chi connectivity index (χ0n) is 13.1. The molecule has 21 heavy (non-hydrogen) atoms. The first kappa shape index (κ1) is 16.3. The predicted molar refractivity (Wildman–Crippen MR) is 85.6 cm³/mol. The molecule has 1 saturated heterocycles. The Morgan fingerprint density at radius 3 is 2.62 bits per heavy atom. The summed E-state index contributed by atoms with van der Waals surface area (Å²) in [6, 6.07) is 8.13. The first-order valence-electron chi connectivity index (χ1n) is 8.01. The highest BCUT2D eigenvalue weighted by atomic mass is 16.5. The number of ether oxygens (including phenoxy) is 1. The van der Waals surface area contributed by atoms with Gasteiger partial charge in [-0.3, -0.25) is 4.90 Å². The second kappa shape index (κ2) is 9.03. The number of rotatable bonds is 8. The first-order valence-corrected chi connectivity index (χ1v) is 8.01. The summed E-state index contributed by atoms with van der Waals surface area (Å²) < 4.78 is 5.42. The number of benzene rings is 1. The Morgan fingerprint density at radius 1 is 1.14 bits per heavy atom. The molecule has 2 rings (SSSR count). The lowest BCUT2D eigenvalue weighted by molar-refractivity contribution is 0.152. The van der Waals surface area contributed by atoms with Crippen molar-refractivity contribution in [2.45, 2.75) is 25.8 Å². The average Bonchev–Trinajstić information content (AvgIpc) is 2.54. The van der Waals surface area contributed by atoms with Crippen LogP contribution in [0.25, 0.3) is 0 Å². The molecule has 0 radical (unpaired) electrons. The van der Waals surface area contributed by atoms with E-state index in [1.54, 1.807) is 7.11 Å². The van der Waals surface area contributed by atoms with Gasteiger partial charge in [0.2, 0.25) is 0 Å². The van der Waals surface area contributed by atoms with Gasteiger partial charge < -0.3 is 14.7 Å². The lowest BCUT2D eigenvalue weighted by Gasteiger charge is -2.30. The molecule has 0 amide bonds. The maximum absolute atomic E-state index is 9.29. The van der Waals surface area contributed by atoms with Crippen LogP contribution < -0.4 is 4.74 Å². The Kier molecular flexibility index (Phi) is 7.00. The fourth-order valence-electron chi connectivity index (χ4n) is 2.95. The molecule has 1 aliphatic heterocycles. The van der Waals surface area contributed by atoms with Crippen LogP contribution in [0.1, 0.15) is 24.8 Å². The first-order chi connectivity index (χ1) is 10.3. The molecule has 1 aromatic carbocycles. The number of methoxy groups -OCH3 is 1. The van der Waals surface area contributed by atoms with Crippen molar-refractivity contribution < 1.29 is 9.84 Å². The zero-order chi connectivity index (χ0) is 14.9. The highest BCUT2D eigenvalue weighted by Crippen LogP contribution is 2.19. The van der Waals surface area contributed by atoms with Crippen LogP contribution in [0.15, 0.2) is 24.3 Å². The predicted octanol–water partition coefficient (Wildman–Crippen LogP) is 1.98. The van der Waals surface area contributed by atoms with E-state index in [0.717, 1.165) is 25.4 Å². The minimum absolute atomic E-state index is 0.204. The molecule has 1 aromatic rings. The maximum atomic E-state index is 9.29. The Balaban J connectivity index is 1.88. The molecule has 0 bridgehead atoms. The van der Waals surface area contributed by atoms with Gasteiger partial charge in [0.1, 0.15) is 5.75 Å². The van der Waals surface area contributed by atoms with Gasteiger partial charge in [0.25, 0.3) is 0 Å². The van der Waals surface area contributed by atoms with Crippen molar-refractivity contribution in [3.05, 3.63) is 29.8 Å². The molecule has 1 heterocycles. The van der Waals surface area contributed by atoms with Crippen molar-refractivity contribution in [2.24, 2.45) is 0 Å². The highest BCUT2D eigenvalue weighted by Gasteiger charge is 2.13. The topological polar surface area (TPSA) is 35.9 Å². The lowest BCUT2D eigenvalue weighted by Crippen LogP contribution is -2.38. The van der Waals surface area contributed by atoms with Crippen LogP contribution in [0, 0.1) is 0 Å². The number of para-hydroxylation sites is 1. The van der Waals surface area contributed by atoms with Gasteiger partial charge in [0.15, 0.2) is 0 Å². The summed E-state index contributed by atoms with van der Waals surface area (Å²) in [5, 5.41) is 9.29. The van der Waals surface area contributed by atoms with Crippen LogP contribution in [0.4, 0.5) is 0 Å². The van der Waals surface area contributed by atoms with E-state index in [1.165, 1.54) is 37.9 Å². The number of aliphatic hydroxyl groups is 1. The Bertz CT molecular complexity index is 406. The van der Waals surface area contributed by atoms with E-state index in [2.05, 4.69) is 15.9 Å². The van der Waals surface area contributed by atoms with Gasteiger partial charge in [-0.15, -0.1) is 0 Å². The molecule has 0 saturated carbocycles. The van der Waals surface area contributed by atoms with Crippen molar-refractivity contribution >= 4 is 0 Å². The highest BCUT2D eigenvalue weighted by molar-refractivity contribution is 5.33. The number of aliphatic hydroxyl groups excluding tert-OH is 1. The summed E-state index contributed by atoms with van der Waals surface area (Å²) >= 11 is 0. The second-order valence-corrected chi connectivity index (χ2v) is 5.71. The quantitative estimate of drug-likeness (QED) is 0.795. The lowest BCUT2D eigenvalue weighted by atomic mass is 10.1. The summed E-state index contributed by atoms with van der Waals surface area (Å²) in [7, 11) is 1.71. The van der Waals surface area contributed by atoms with Crippen molar-refractivity contribution in [1.29, 1.82) is 0 Å². The van der Waals surface area contributed by atoms with Crippen LogP contribution in [0.5, 0.6) is 5.75 Å². The van der Waals surface area contributed by atoms with Gasteiger partial charge >= 0.3 is 0 Å². The van der Waals surface area contributed by atoms with Crippen molar-refractivity contribution in [3.8, 4) is 5.75 Å². The third kappa shape index (κ3) is 5.30. The van der Waals surface area contributed by atoms with Crippen LogP contribution in [-0.4, -0.2) is 61.3 Å². The average molecular weight is 292 g/mol. The molecule has 1 aliphatic rings. The van der Waals surface area contributed by atoms with E-state index in [9.17, 15) is 5.11 Å². The Labute approximate surface area is 128 Å². The van der Waals surface area contributed by atoms with Crippen molar-refractivity contribution in [2.75, 3.05) is 46.4 Å². The Hall–Kier alpha value is -1.10. The zero-order valence-corrected chi connectivity index (χ0v) is 13.1. The summed E-state index contributed by atoms with van der Waals surface area (Å²) in [6.45, 7) is 6.29. The number of hydrogen-bond acceptors (Lipinski definition) is 4. The minimum atomic E-state index is 0.204. The SMILES string of the molecule is COc1ccccc1CN(CCO)CCN1CCCCC1. The molecule has 4 heteroatoms. The monoisotopic (exact) mass is 292 g/mol. The Morgan fingerprint density at radius 2 is 1.90 bits per heavy atom. The fourth-order valence-corrected chi connectivity index (χ4v) is 2.95. The van der Waals surface area contributed by atoms with Crippen LogP contribution in [-0.2, 0) is 6.54 Å². The van der Waals surface area contributed by atoms with Crippen molar-refractivity contribution in [1.82, 2.24) is 9.80 Å². The molecule has 1 N–H and O–H groups in total. The smallest absolute Gasteiger partial charge is 0.123 e. The third-order valence-corrected chi connectivity index (χ3v) is 4.18. The van der Waals surface area contributed by atoms with E-state index in [4.69, 9.17) is 4.74 Å². The molecule has 0 aliphatic carbocycles. The van der Waals surface area contributed by atoms with Gasteiger partial charge in [0, 0.05) is 31.7 Å². The van der Waals surface area contributed by atoms with E-state index < -0.39 is 0 Å². The molecule has 118 valence electrons. The largest absolute Gasteiger partial charge is 0.496 e. The van der Waals surface area contributed by atoms with E-state index in [0.29, 0.717) is 6.54 Å². The molecular weight excluding hydrogens is 264 g/mol. The van der Waals surface area contributed by atoms with Gasteiger partial charge in [-0.2, -0.15) is 0 Å². The number of nitrogens with zero attached hydrogens (tertiary/aromatic N) is 2. The molecule has 0 atom stereocenters. The number of hydrogen-bond donors (Lipinski definition) is 1. The second-order valence-electron chi connectivity index (χ2n) is 5.71. The minimum Gasteiger partial charge on any atom is -0.496 e. The molecular formula is C17H28N2O2. The van der Waals surface area contributed by atoms with Crippen molar-refractivity contribution in [3.63, 3.8) is 0 Å². The van der Waals surface area contributed by atoms with Gasteiger partial charge in [-0.05, 0) is 32.0 Å². The van der Waals surface area contributed by atoms with Crippen LogP contribution >= 0.6 is 0 Å². The summed E-state index contributed by atoms with van der Waals surface area (Å²) in [4.78, 5) is 4.85. The summed E-state index contributed by atoms with van der Waals surface area (Å²) in [5.74, 6) is 0.929. The molecule has 0 aromatic heterocycles. The third-order valence-electron chi connectivity index (χ3n) is 4.18. The van der Waals surface area contributed by atoms with Gasteiger partial charge in [-0.25, -0.2) is 0 Å². The van der Waals surface area contributed by atoms with Gasteiger partial charge in [-0.1, -0.05) is 24.6 Å². The summed E-state index contributed by atoms with van der Waals surface area (Å²) in [5.41, 5.74) is 1.19.